The zero-order valence-corrected chi connectivity index (χ0v) is 24.4. The second-order valence-corrected chi connectivity index (χ2v) is 12.2. The fourth-order valence-electron chi connectivity index (χ4n) is 5.80. The van der Waals surface area contributed by atoms with Gasteiger partial charge in [0.2, 0.25) is 0 Å². The topological polar surface area (TPSA) is 44.8 Å². The number of nitrogens with one attached hydrogen (secondary N) is 1. The lowest BCUT2D eigenvalue weighted by molar-refractivity contribution is 0.108. The van der Waals surface area contributed by atoms with E-state index in [-0.39, 0.29) is 24.0 Å². The molecule has 2 aliphatic heterocycles. The largest absolute Gasteiger partial charge is 0.445 e. The summed E-state index contributed by atoms with van der Waals surface area (Å²) in [4.78, 5) is 17.3. The van der Waals surface area contributed by atoms with Crippen molar-refractivity contribution in [1.29, 1.82) is 0 Å². The number of carbonyl (C=O) groups is 1. The number of likely N-dealkylation sites (tertiary alicyclic amines) is 2. The first-order valence-corrected chi connectivity index (χ1v) is 15.3. The van der Waals surface area contributed by atoms with Gasteiger partial charge in [-0.05, 0) is 48.2 Å². The molecule has 40 heavy (non-hydrogen) atoms. The number of carbonyl (C=O) groups excluding carboxylic acids is 1. The molecule has 3 aromatic rings. The highest BCUT2D eigenvalue weighted by Crippen LogP contribution is 2.52. The van der Waals surface area contributed by atoms with Crippen LogP contribution in [0.5, 0.6) is 0 Å². The van der Waals surface area contributed by atoms with Crippen molar-refractivity contribution in [2.75, 3.05) is 32.8 Å². The molecule has 3 aromatic carbocycles. The van der Waals surface area contributed by atoms with E-state index >= 15 is 0 Å². The third-order valence-corrected chi connectivity index (χ3v) is 9.84. The second-order valence-electron chi connectivity index (χ2n) is 10.3. The van der Waals surface area contributed by atoms with E-state index in [9.17, 15) is 4.79 Å². The van der Waals surface area contributed by atoms with Crippen LogP contribution in [0.25, 0.3) is 0 Å². The van der Waals surface area contributed by atoms with Gasteiger partial charge < -0.3 is 19.9 Å². The normalized spacial score (nSPS) is 18.9. The Bertz CT molecular complexity index is 1170. The number of hydrogen-bond donors (Lipinski definition) is 1. The number of thioether (sulfide) groups is 1. The number of ether oxygens (including phenoxy) is 1. The zero-order valence-electron chi connectivity index (χ0n) is 22.8. The van der Waals surface area contributed by atoms with Crippen molar-refractivity contribution in [3.63, 3.8) is 0 Å². The number of thiocarbonyl (C=S) groups is 1. The Balaban J connectivity index is 1.47. The summed E-state index contributed by atoms with van der Waals surface area (Å²) < 4.78 is 5.09. The Morgan fingerprint density at radius 1 is 0.950 bits per heavy atom. The van der Waals surface area contributed by atoms with Crippen LogP contribution >= 0.6 is 24.0 Å². The van der Waals surface area contributed by atoms with Gasteiger partial charge in [-0.3, -0.25) is 0 Å². The molecule has 5 nitrogen and oxygen atoms in total. The molecule has 2 aliphatic rings. The highest BCUT2D eigenvalue weighted by Gasteiger charge is 2.44. The zero-order chi connectivity index (χ0) is 27.8. The lowest BCUT2D eigenvalue weighted by Gasteiger charge is -2.37. The fraction of sp³-hybridized carbons (Fsp3) is 0.333. The summed E-state index contributed by atoms with van der Waals surface area (Å²) in [5.74, 6) is 0. The molecule has 1 amide bonds. The SMILES string of the molecule is C=CCOC(=O)N1C[C@@H](SC(c2ccccc2)(c2ccccc2)c2ccccc2)C[C@H]1CNC(=S)N1CCCC1. The van der Waals surface area contributed by atoms with Gasteiger partial charge in [-0.15, -0.1) is 11.8 Å². The Kier molecular flexibility index (Phi) is 9.45. The Morgan fingerprint density at radius 3 is 1.98 bits per heavy atom. The van der Waals surface area contributed by atoms with Gasteiger partial charge in [-0.25, -0.2) is 4.79 Å². The molecule has 0 aromatic heterocycles. The van der Waals surface area contributed by atoms with E-state index < -0.39 is 4.75 Å². The van der Waals surface area contributed by atoms with Crippen molar-refractivity contribution in [1.82, 2.24) is 15.1 Å². The summed E-state index contributed by atoms with van der Waals surface area (Å²) >= 11 is 7.62. The van der Waals surface area contributed by atoms with Gasteiger partial charge in [-0.2, -0.15) is 0 Å². The van der Waals surface area contributed by atoms with E-state index in [1.807, 2.05) is 16.7 Å². The van der Waals surface area contributed by atoms with E-state index in [1.54, 1.807) is 6.08 Å². The minimum atomic E-state index is -0.446. The van der Waals surface area contributed by atoms with E-state index in [2.05, 4.69) is 108 Å². The van der Waals surface area contributed by atoms with E-state index in [1.165, 1.54) is 29.5 Å². The molecule has 0 spiro atoms. The number of hydrogen-bond acceptors (Lipinski definition) is 4. The highest BCUT2D eigenvalue weighted by molar-refractivity contribution is 8.01. The van der Waals surface area contributed by atoms with Crippen LogP contribution in [0.15, 0.2) is 104 Å². The average Bonchev–Trinajstić information content (AvgIpc) is 3.70. The third-order valence-electron chi connectivity index (χ3n) is 7.70. The van der Waals surface area contributed by atoms with Gasteiger partial charge in [0.05, 0.1) is 10.8 Å². The quantitative estimate of drug-likeness (QED) is 0.181. The van der Waals surface area contributed by atoms with Gasteiger partial charge in [0.15, 0.2) is 5.11 Å². The summed E-state index contributed by atoms with van der Waals surface area (Å²) in [6, 6.07) is 32.1. The predicted octanol–water partition coefficient (Wildman–Crippen LogP) is 6.45. The van der Waals surface area contributed by atoms with Crippen LogP contribution in [0.4, 0.5) is 4.79 Å². The Hall–Kier alpha value is -3.29. The molecule has 0 radical (unpaired) electrons. The number of rotatable bonds is 9. The van der Waals surface area contributed by atoms with Crippen molar-refractivity contribution in [2.45, 2.75) is 35.3 Å². The lowest BCUT2D eigenvalue weighted by Crippen LogP contribution is -2.46. The summed E-state index contributed by atoms with van der Waals surface area (Å²) in [6.45, 7) is 7.09. The summed E-state index contributed by atoms with van der Waals surface area (Å²) in [5, 5.41) is 4.41. The van der Waals surface area contributed by atoms with Crippen LogP contribution in [0.3, 0.4) is 0 Å². The molecule has 2 fully saturated rings. The van der Waals surface area contributed by atoms with Crippen molar-refractivity contribution in [3.05, 3.63) is 120 Å². The van der Waals surface area contributed by atoms with Crippen LogP contribution in [0.1, 0.15) is 36.0 Å². The predicted molar refractivity (Wildman–Crippen MR) is 169 cm³/mol. The molecule has 7 heteroatoms. The summed E-state index contributed by atoms with van der Waals surface area (Å²) in [6.07, 6.45) is 4.49. The molecule has 0 aliphatic carbocycles. The van der Waals surface area contributed by atoms with Crippen molar-refractivity contribution in [3.8, 4) is 0 Å². The molecular weight excluding hydrogens is 535 g/mol. The molecule has 208 valence electrons. The van der Waals surface area contributed by atoms with Gasteiger partial charge in [0, 0.05) is 31.4 Å². The summed E-state index contributed by atoms with van der Waals surface area (Å²) in [7, 11) is 0. The molecule has 0 bridgehead atoms. The minimum absolute atomic E-state index is 0.0320. The molecule has 2 heterocycles. The standard InChI is InChI=1S/C33H37N3O2S2/c1-2-22-38-32(37)36-25-30(23-29(36)24-34-31(39)35-20-12-13-21-35)40-33(26-14-6-3-7-15-26,27-16-8-4-9-17-27)28-18-10-5-11-19-28/h2-11,14-19,29-30H,1,12-13,20-25H2,(H,34,39)/t29-,30-/m0/s1. The Morgan fingerprint density at radius 2 is 1.48 bits per heavy atom. The molecule has 2 saturated heterocycles. The van der Waals surface area contributed by atoms with Gasteiger partial charge in [0.25, 0.3) is 0 Å². The first-order valence-electron chi connectivity index (χ1n) is 14.0. The van der Waals surface area contributed by atoms with Crippen molar-refractivity contribution >= 4 is 35.2 Å². The number of benzene rings is 3. The van der Waals surface area contributed by atoms with Crippen LogP contribution in [-0.4, -0.2) is 65.1 Å². The molecule has 2 atom stereocenters. The molecule has 0 unspecified atom stereocenters. The number of nitrogens with zero attached hydrogens (tertiary/aromatic N) is 2. The Labute approximate surface area is 247 Å². The first kappa shape index (κ1) is 28.2. The molecule has 0 saturated carbocycles. The second kappa shape index (κ2) is 13.4. The molecule has 1 N–H and O–H groups in total. The van der Waals surface area contributed by atoms with Crippen LogP contribution in [0, 0.1) is 0 Å². The van der Waals surface area contributed by atoms with Gasteiger partial charge >= 0.3 is 6.09 Å². The maximum Gasteiger partial charge on any atom is 0.410 e. The third kappa shape index (κ3) is 6.21. The monoisotopic (exact) mass is 571 g/mol. The van der Waals surface area contributed by atoms with Crippen LogP contribution in [0.2, 0.25) is 0 Å². The number of amides is 1. The van der Waals surface area contributed by atoms with E-state index in [4.69, 9.17) is 17.0 Å². The molecular formula is C33H37N3O2S2. The van der Waals surface area contributed by atoms with Crippen molar-refractivity contribution in [2.24, 2.45) is 0 Å². The smallest absolute Gasteiger partial charge is 0.410 e. The summed E-state index contributed by atoms with van der Waals surface area (Å²) in [5.41, 5.74) is 3.65. The van der Waals surface area contributed by atoms with Crippen molar-refractivity contribution < 1.29 is 9.53 Å². The maximum atomic E-state index is 13.2. The van der Waals surface area contributed by atoms with Gasteiger partial charge in [-0.1, -0.05) is 104 Å². The van der Waals surface area contributed by atoms with E-state index in [0.717, 1.165) is 24.6 Å². The van der Waals surface area contributed by atoms with E-state index in [0.29, 0.717) is 13.1 Å². The maximum absolute atomic E-state index is 13.2. The molecule has 5 rings (SSSR count). The van der Waals surface area contributed by atoms with Crippen LogP contribution in [-0.2, 0) is 9.48 Å². The average molecular weight is 572 g/mol. The first-order chi connectivity index (χ1) is 19.6. The minimum Gasteiger partial charge on any atom is -0.445 e. The fourth-order valence-corrected chi connectivity index (χ4v) is 7.94. The van der Waals surface area contributed by atoms with Gasteiger partial charge in [0.1, 0.15) is 6.61 Å². The lowest BCUT2D eigenvalue weighted by atomic mass is 9.84. The van der Waals surface area contributed by atoms with Crippen LogP contribution < -0.4 is 5.32 Å². The highest BCUT2D eigenvalue weighted by atomic mass is 32.2.